The van der Waals surface area contributed by atoms with Crippen LogP contribution in [0.4, 0.5) is 18.9 Å². The lowest BCUT2D eigenvalue weighted by molar-refractivity contribution is -0.137. The molecule has 2 heterocycles. The quantitative estimate of drug-likeness (QED) is 0.698. The smallest absolute Gasteiger partial charge is 0.369 e. The van der Waals surface area contributed by atoms with Crippen molar-refractivity contribution in [2.24, 2.45) is 17.8 Å². The molecule has 6 atom stereocenters. The number of benzene rings is 1. The molecule has 0 radical (unpaired) electrons. The van der Waals surface area contributed by atoms with Crippen molar-refractivity contribution in [1.82, 2.24) is 0 Å². The zero-order chi connectivity index (χ0) is 18.6. The molecule has 0 unspecified atom stereocenters. The number of epoxide rings is 1. The summed E-state index contributed by atoms with van der Waals surface area (Å²) in [5.74, 6) is -0.0977. The van der Waals surface area contributed by atoms with E-state index in [1.54, 1.807) is 6.92 Å². The third-order valence-electron chi connectivity index (χ3n) is 6.82. The minimum Gasteiger partial charge on any atom is -0.369 e. The van der Waals surface area contributed by atoms with Crippen molar-refractivity contribution in [2.75, 3.05) is 10.8 Å². The molecule has 9 heteroatoms. The summed E-state index contributed by atoms with van der Waals surface area (Å²) in [6, 6.07) is 4.62. The van der Waals surface area contributed by atoms with Gasteiger partial charge in [0.25, 0.3) is 0 Å². The summed E-state index contributed by atoms with van der Waals surface area (Å²) in [5.41, 5.74) is -1.65. The predicted molar refractivity (Wildman–Crippen MR) is 84.6 cm³/mol. The summed E-state index contributed by atoms with van der Waals surface area (Å²) in [6.07, 6.45) is -3.83. The Hall–Kier alpha value is -1.79. The molecule has 5 nitrogen and oxygen atoms in total. The van der Waals surface area contributed by atoms with Crippen LogP contribution in [0.2, 0.25) is 0 Å². The molecule has 0 spiro atoms. The Morgan fingerprint density at radius 3 is 2.69 bits per heavy atom. The lowest BCUT2D eigenvalue weighted by Crippen LogP contribution is -2.47. The second-order valence-corrected chi connectivity index (χ2v) is 10.0. The molecule has 4 aliphatic rings. The molecular formula is C17H15F3N2O3S. The topological polar surface area (TPSA) is 73.7 Å². The maximum absolute atomic E-state index is 13.3. The fourth-order valence-corrected chi connectivity index (χ4v) is 7.96. The Morgan fingerprint density at radius 2 is 2.04 bits per heavy atom. The first kappa shape index (κ1) is 16.4. The van der Waals surface area contributed by atoms with Gasteiger partial charge in [-0.05, 0) is 37.5 Å². The number of nitriles is 1. The Bertz CT molecular complexity index is 970. The fourth-order valence-electron chi connectivity index (χ4n) is 5.50. The second-order valence-electron chi connectivity index (χ2n) is 7.74. The zero-order valence-corrected chi connectivity index (χ0v) is 14.5. The summed E-state index contributed by atoms with van der Waals surface area (Å²) >= 11 is 0. The van der Waals surface area contributed by atoms with Crippen LogP contribution in [0.1, 0.15) is 24.5 Å². The van der Waals surface area contributed by atoms with E-state index in [9.17, 15) is 21.6 Å². The number of hydrogen-bond donors (Lipinski definition) is 0. The highest BCUT2D eigenvalue weighted by molar-refractivity contribution is 7.94. The van der Waals surface area contributed by atoms with Gasteiger partial charge in [0.15, 0.2) is 0 Å². The van der Waals surface area contributed by atoms with E-state index in [0.717, 1.165) is 22.9 Å². The van der Waals surface area contributed by atoms with Gasteiger partial charge in [-0.25, -0.2) is 8.42 Å². The first-order chi connectivity index (χ1) is 12.1. The van der Waals surface area contributed by atoms with Crippen LogP contribution in [0, 0.1) is 29.1 Å². The van der Waals surface area contributed by atoms with E-state index >= 15 is 0 Å². The molecular weight excluding hydrogens is 369 g/mol. The van der Waals surface area contributed by atoms with E-state index in [0.29, 0.717) is 0 Å². The highest BCUT2D eigenvalue weighted by Gasteiger charge is 2.78. The number of ether oxygens (including phenoxy) is 1. The maximum Gasteiger partial charge on any atom is 0.417 e. The maximum atomic E-state index is 13.3. The van der Waals surface area contributed by atoms with Gasteiger partial charge in [-0.2, -0.15) is 18.4 Å². The summed E-state index contributed by atoms with van der Waals surface area (Å²) in [6.45, 7) is 1.87. The molecule has 2 bridgehead atoms. The number of fused-ring (bicyclic) bond motifs is 8. The molecule has 2 aliphatic carbocycles. The molecule has 138 valence electrons. The molecule has 0 aromatic heterocycles. The molecule has 2 saturated carbocycles. The van der Waals surface area contributed by atoms with Crippen molar-refractivity contribution in [3.63, 3.8) is 0 Å². The van der Waals surface area contributed by atoms with Crippen molar-refractivity contribution in [2.45, 2.75) is 36.5 Å². The number of halogens is 3. The summed E-state index contributed by atoms with van der Waals surface area (Å²) in [4.78, 5) is 0. The molecule has 0 amide bonds. The SMILES string of the molecule is C[C@@]12[C@@H](CN(c3ccc(C#N)c(C(F)(F)F)c3)S1(=O)=O)[C@@H]1C[C@H]2[C@H]2O[C@@H]12. The third kappa shape index (κ3) is 1.72. The summed E-state index contributed by atoms with van der Waals surface area (Å²) in [5, 5.41) is 8.93. The first-order valence-corrected chi connectivity index (χ1v) is 9.84. The predicted octanol–water partition coefficient (Wildman–Crippen LogP) is 2.52. The van der Waals surface area contributed by atoms with Crippen molar-refractivity contribution < 1.29 is 26.3 Å². The molecule has 1 aromatic carbocycles. The molecule has 26 heavy (non-hydrogen) atoms. The third-order valence-corrected chi connectivity index (χ3v) is 9.48. The van der Waals surface area contributed by atoms with E-state index in [4.69, 9.17) is 10.00 Å². The van der Waals surface area contributed by atoms with Gasteiger partial charge in [-0.3, -0.25) is 4.31 Å². The number of rotatable bonds is 1. The van der Waals surface area contributed by atoms with Crippen LogP contribution in [0.5, 0.6) is 0 Å². The molecule has 2 saturated heterocycles. The first-order valence-electron chi connectivity index (χ1n) is 8.40. The van der Waals surface area contributed by atoms with Gasteiger partial charge in [0, 0.05) is 18.4 Å². The van der Waals surface area contributed by atoms with Gasteiger partial charge >= 0.3 is 6.18 Å². The Morgan fingerprint density at radius 1 is 1.31 bits per heavy atom. The van der Waals surface area contributed by atoms with Gasteiger partial charge in [0.05, 0.1) is 39.8 Å². The fraction of sp³-hybridized carbons (Fsp3) is 0.588. The number of anilines is 1. The van der Waals surface area contributed by atoms with Crippen LogP contribution in [0.15, 0.2) is 18.2 Å². The van der Waals surface area contributed by atoms with E-state index in [1.807, 2.05) is 0 Å². The van der Waals surface area contributed by atoms with Gasteiger partial charge in [0.2, 0.25) is 10.0 Å². The molecule has 5 rings (SSSR count). The van der Waals surface area contributed by atoms with Crippen LogP contribution in [-0.4, -0.2) is 31.9 Å². The van der Waals surface area contributed by atoms with E-state index < -0.39 is 32.1 Å². The van der Waals surface area contributed by atoms with Gasteiger partial charge < -0.3 is 4.74 Å². The largest absolute Gasteiger partial charge is 0.417 e. The monoisotopic (exact) mass is 384 g/mol. The lowest BCUT2D eigenvalue weighted by Gasteiger charge is -2.31. The zero-order valence-electron chi connectivity index (χ0n) is 13.7. The summed E-state index contributed by atoms with van der Waals surface area (Å²) in [7, 11) is -3.83. The minimum absolute atomic E-state index is 0.0253. The number of alkyl halides is 3. The Labute approximate surface area is 148 Å². The van der Waals surface area contributed by atoms with Crippen molar-refractivity contribution in [3.05, 3.63) is 29.3 Å². The van der Waals surface area contributed by atoms with Crippen molar-refractivity contribution in [3.8, 4) is 6.07 Å². The van der Waals surface area contributed by atoms with E-state index in [1.165, 1.54) is 12.1 Å². The molecule has 0 N–H and O–H groups in total. The van der Waals surface area contributed by atoms with Crippen LogP contribution < -0.4 is 4.31 Å². The van der Waals surface area contributed by atoms with E-state index in [-0.39, 0.29) is 42.2 Å². The minimum atomic E-state index is -4.72. The summed E-state index contributed by atoms with van der Waals surface area (Å²) < 4.78 is 72.1. The standard InChI is InChI=1S/C17H15F3N2O3S/c1-16-12-5-10(14-15(12)25-14)13(16)7-22(26(16,23)24)9-3-2-8(6-21)11(4-9)17(18,19)20/h2-4,10,12-15H,5,7H2,1H3/t10-,12-,13-,14-,15+,16+/m0/s1. The van der Waals surface area contributed by atoms with Gasteiger partial charge in [-0.1, -0.05) is 0 Å². The van der Waals surface area contributed by atoms with Gasteiger partial charge in [0.1, 0.15) is 0 Å². The van der Waals surface area contributed by atoms with Gasteiger partial charge in [-0.15, -0.1) is 0 Å². The van der Waals surface area contributed by atoms with Crippen LogP contribution in [0.25, 0.3) is 0 Å². The highest BCUT2D eigenvalue weighted by Crippen LogP contribution is 2.68. The Kier molecular flexibility index (Phi) is 2.86. The van der Waals surface area contributed by atoms with Crippen molar-refractivity contribution >= 4 is 15.7 Å². The molecule has 4 fully saturated rings. The van der Waals surface area contributed by atoms with Crippen LogP contribution in [0.3, 0.4) is 0 Å². The van der Waals surface area contributed by atoms with Crippen LogP contribution in [-0.2, 0) is 20.9 Å². The highest BCUT2D eigenvalue weighted by atomic mass is 32.2. The molecule has 2 aliphatic heterocycles. The number of hydrogen-bond acceptors (Lipinski definition) is 4. The van der Waals surface area contributed by atoms with E-state index in [2.05, 4.69) is 0 Å². The van der Waals surface area contributed by atoms with Crippen molar-refractivity contribution in [1.29, 1.82) is 5.26 Å². The lowest BCUT2D eigenvalue weighted by atomic mass is 9.79. The average molecular weight is 384 g/mol. The second kappa shape index (κ2) is 4.54. The molecule has 1 aromatic rings. The number of nitrogens with zero attached hydrogens (tertiary/aromatic N) is 2. The number of sulfonamides is 1. The average Bonchev–Trinajstić information content (AvgIpc) is 3.14. The normalized spacial score (nSPS) is 41.7. The Balaban J connectivity index is 1.60. The van der Waals surface area contributed by atoms with Crippen LogP contribution >= 0.6 is 0 Å².